The summed E-state index contributed by atoms with van der Waals surface area (Å²) in [6, 6.07) is 0. The van der Waals surface area contributed by atoms with Crippen LogP contribution >= 0.6 is 0 Å². The Morgan fingerprint density at radius 1 is 1.27 bits per heavy atom. The van der Waals surface area contributed by atoms with E-state index in [1.807, 2.05) is 12.2 Å². The van der Waals surface area contributed by atoms with E-state index in [0.717, 1.165) is 12.1 Å². The van der Waals surface area contributed by atoms with Crippen molar-refractivity contribution in [1.82, 2.24) is 0 Å². The lowest BCUT2D eigenvalue weighted by Gasteiger charge is -2.03. The highest BCUT2D eigenvalue weighted by atomic mass is 14.5. The summed E-state index contributed by atoms with van der Waals surface area (Å²) >= 11 is 0. The third-order valence-corrected chi connectivity index (χ3v) is 1.84. The molecule has 0 atom stereocenters. The van der Waals surface area contributed by atoms with E-state index >= 15 is 0 Å². The molecular weight excluding hydrogens is 134 g/mol. The van der Waals surface area contributed by atoms with Crippen LogP contribution in [0, 0.1) is 5.92 Å². The van der Waals surface area contributed by atoms with E-state index in [1.165, 1.54) is 5.57 Å². The lowest BCUT2D eigenvalue weighted by molar-refractivity contribution is 0.788. The van der Waals surface area contributed by atoms with Gasteiger partial charge in [-0.15, -0.1) is 0 Å². The average molecular weight is 149 g/mol. The van der Waals surface area contributed by atoms with E-state index in [4.69, 9.17) is 5.73 Å². The van der Waals surface area contributed by atoms with E-state index in [2.05, 4.69) is 26.0 Å². The quantitative estimate of drug-likeness (QED) is 0.608. The molecule has 2 N–H and O–H groups in total. The minimum atomic E-state index is 0.602. The monoisotopic (exact) mass is 149 g/mol. The van der Waals surface area contributed by atoms with Gasteiger partial charge in [0.1, 0.15) is 0 Å². The van der Waals surface area contributed by atoms with Gasteiger partial charge in [-0.25, -0.2) is 0 Å². The summed E-state index contributed by atoms with van der Waals surface area (Å²) < 4.78 is 0. The number of rotatable bonds is 1. The van der Waals surface area contributed by atoms with E-state index in [1.54, 1.807) is 0 Å². The third kappa shape index (κ3) is 2.26. The maximum atomic E-state index is 5.64. The van der Waals surface area contributed by atoms with Crippen LogP contribution in [0.2, 0.25) is 0 Å². The zero-order chi connectivity index (χ0) is 8.27. The number of hydrogen-bond acceptors (Lipinski definition) is 1. The fourth-order valence-electron chi connectivity index (χ4n) is 1.09. The molecule has 0 aromatic rings. The summed E-state index contributed by atoms with van der Waals surface area (Å²) in [6.07, 6.45) is 9.29. The molecular formula is C10H15N. The van der Waals surface area contributed by atoms with E-state index in [-0.39, 0.29) is 0 Å². The first-order valence-electron chi connectivity index (χ1n) is 4.04. The van der Waals surface area contributed by atoms with Gasteiger partial charge < -0.3 is 5.73 Å². The molecule has 0 radical (unpaired) electrons. The van der Waals surface area contributed by atoms with Gasteiger partial charge in [0.25, 0.3) is 0 Å². The Morgan fingerprint density at radius 3 is 2.64 bits per heavy atom. The van der Waals surface area contributed by atoms with Gasteiger partial charge in [0.15, 0.2) is 0 Å². The van der Waals surface area contributed by atoms with Crippen molar-refractivity contribution in [2.45, 2.75) is 20.3 Å². The van der Waals surface area contributed by atoms with Crippen LogP contribution < -0.4 is 5.73 Å². The molecule has 0 unspecified atom stereocenters. The van der Waals surface area contributed by atoms with Crippen molar-refractivity contribution in [3.8, 4) is 0 Å². The Kier molecular flexibility index (Phi) is 2.53. The highest BCUT2D eigenvalue weighted by Crippen LogP contribution is 2.15. The van der Waals surface area contributed by atoms with Crippen LogP contribution in [0.1, 0.15) is 20.3 Å². The zero-order valence-corrected chi connectivity index (χ0v) is 7.17. The Hall–Kier alpha value is -0.980. The first-order valence-corrected chi connectivity index (χ1v) is 4.04. The van der Waals surface area contributed by atoms with Crippen LogP contribution in [0.3, 0.4) is 0 Å². The summed E-state index contributed by atoms with van der Waals surface area (Å²) in [5.41, 5.74) is 7.89. The fourth-order valence-corrected chi connectivity index (χ4v) is 1.09. The van der Waals surface area contributed by atoms with Gasteiger partial charge in [0.05, 0.1) is 0 Å². The molecule has 0 spiro atoms. The second-order valence-electron chi connectivity index (χ2n) is 3.13. The molecule has 1 rings (SSSR count). The molecule has 0 bridgehead atoms. The molecule has 1 heteroatoms. The number of nitrogens with two attached hydrogens (primary N) is 1. The minimum Gasteiger partial charge on any atom is -0.399 e. The molecule has 11 heavy (non-hydrogen) atoms. The highest BCUT2D eigenvalue weighted by Gasteiger charge is 1.99. The van der Waals surface area contributed by atoms with Crippen LogP contribution in [0.4, 0.5) is 0 Å². The number of allylic oxidation sites excluding steroid dienone is 5. The predicted octanol–water partition coefficient (Wildman–Crippen LogP) is 2.37. The second kappa shape index (κ2) is 3.42. The Morgan fingerprint density at radius 2 is 2.00 bits per heavy atom. The zero-order valence-electron chi connectivity index (χ0n) is 7.17. The SMILES string of the molecule is CC(C)C1=CCC=C(N)C=C1. The lowest BCUT2D eigenvalue weighted by Crippen LogP contribution is -1.91. The summed E-state index contributed by atoms with van der Waals surface area (Å²) in [5, 5.41) is 0. The van der Waals surface area contributed by atoms with Crippen molar-refractivity contribution in [2.75, 3.05) is 0 Å². The largest absolute Gasteiger partial charge is 0.399 e. The third-order valence-electron chi connectivity index (χ3n) is 1.84. The second-order valence-corrected chi connectivity index (χ2v) is 3.13. The standard InChI is InChI=1S/C10H15N/c1-8(2)9-4-3-5-10(11)7-6-9/h4-8H,3,11H2,1-2H3. The maximum absolute atomic E-state index is 5.64. The first kappa shape index (κ1) is 8.12. The molecule has 1 aliphatic carbocycles. The predicted molar refractivity (Wildman–Crippen MR) is 48.9 cm³/mol. The van der Waals surface area contributed by atoms with Gasteiger partial charge in [0, 0.05) is 5.70 Å². The number of hydrogen-bond donors (Lipinski definition) is 1. The topological polar surface area (TPSA) is 26.0 Å². The molecule has 0 heterocycles. The van der Waals surface area contributed by atoms with Gasteiger partial charge in [0.2, 0.25) is 0 Å². The van der Waals surface area contributed by atoms with Crippen molar-refractivity contribution in [3.05, 3.63) is 35.6 Å². The van der Waals surface area contributed by atoms with Crippen molar-refractivity contribution in [2.24, 2.45) is 11.7 Å². The van der Waals surface area contributed by atoms with Crippen LogP contribution in [-0.4, -0.2) is 0 Å². The van der Waals surface area contributed by atoms with Gasteiger partial charge in [-0.1, -0.05) is 32.1 Å². The van der Waals surface area contributed by atoms with E-state index in [0.29, 0.717) is 5.92 Å². The molecule has 0 saturated carbocycles. The highest BCUT2D eigenvalue weighted by molar-refractivity contribution is 5.31. The Balaban J connectivity index is 2.74. The summed E-state index contributed by atoms with van der Waals surface area (Å²) in [5.74, 6) is 0.602. The molecule has 0 aromatic carbocycles. The van der Waals surface area contributed by atoms with Crippen molar-refractivity contribution in [3.63, 3.8) is 0 Å². The molecule has 0 fully saturated rings. The fraction of sp³-hybridized carbons (Fsp3) is 0.400. The van der Waals surface area contributed by atoms with E-state index < -0.39 is 0 Å². The molecule has 0 amide bonds. The van der Waals surface area contributed by atoms with Crippen LogP contribution in [0.25, 0.3) is 0 Å². The molecule has 60 valence electrons. The van der Waals surface area contributed by atoms with Gasteiger partial charge in [-0.2, -0.15) is 0 Å². The Bertz CT molecular complexity index is 219. The molecule has 1 nitrogen and oxygen atoms in total. The van der Waals surface area contributed by atoms with Crippen LogP contribution in [-0.2, 0) is 0 Å². The maximum Gasteiger partial charge on any atom is 0.0276 e. The smallest absolute Gasteiger partial charge is 0.0276 e. The first-order chi connectivity index (χ1) is 5.20. The van der Waals surface area contributed by atoms with Gasteiger partial charge in [-0.3, -0.25) is 0 Å². The van der Waals surface area contributed by atoms with Crippen molar-refractivity contribution in [1.29, 1.82) is 0 Å². The summed E-state index contributed by atoms with van der Waals surface area (Å²) in [6.45, 7) is 4.38. The Labute approximate surface area is 68.3 Å². The summed E-state index contributed by atoms with van der Waals surface area (Å²) in [7, 11) is 0. The molecule has 0 saturated heterocycles. The average Bonchev–Trinajstić information content (AvgIpc) is 2.13. The van der Waals surface area contributed by atoms with Gasteiger partial charge >= 0.3 is 0 Å². The minimum absolute atomic E-state index is 0.602. The normalized spacial score (nSPS) is 17.7. The van der Waals surface area contributed by atoms with Gasteiger partial charge in [-0.05, 0) is 24.0 Å². The van der Waals surface area contributed by atoms with E-state index in [9.17, 15) is 0 Å². The van der Waals surface area contributed by atoms with Crippen LogP contribution in [0.15, 0.2) is 35.6 Å². The van der Waals surface area contributed by atoms with Crippen LogP contribution in [0.5, 0.6) is 0 Å². The lowest BCUT2D eigenvalue weighted by atomic mass is 10.0. The molecule has 0 aromatic heterocycles. The molecule has 0 aliphatic heterocycles. The van der Waals surface area contributed by atoms with Crippen molar-refractivity contribution >= 4 is 0 Å². The summed E-state index contributed by atoms with van der Waals surface area (Å²) in [4.78, 5) is 0. The molecule has 1 aliphatic rings. The van der Waals surface area contributed by atoms with Crippen molar-refractivity contribution < 1.29 is 0 Å².